The van der Waals surface area contributed by atoms with Crippen molar-refractivity contribution in [3.05, 3.63) is 88.8 Å². The molecule has 1 aromatic heterocycles. The van der Waals surface area contributed by atoms with E-state index in [1.165, 1.54) is 28.0 Å². The second-order valence-corrected chi connectivity index (χ2v) is 9.44. The van der Waals surface area contributed by atoms with E-state index in [0.29, 0.717) is 32.1 Å². The zero-order chi connectivity index (χ0) is 24.0. The molecule has 0 saturated heterocycles. The molecule has 0 unspecified atom stereocenters. The van der Waals surface area contributed by atoms with Crippen molar-refractivity contribution in [3.8, 4) is 11.5 Å². The standard InChI is InChI=1S/C24H18BrFN2O5S/c1-3-31-23(30)20-12(2)27-24-28(21(20)13-4-6-15(26)7-5-13)22(29)19(34-24)9-14-8-17-18(10-16(14)25)33-11-32-17/h4-10,21H,3,11H2,1-2H3/b19-9-/t21-/m0/s1. The molecule has 7 nitrogen and oxygen atoms in total. The Morgan fingerprint density at radius 2 is 2.00 bits per heavy atom. The molecule has 0 radical (unpaired) electrons. The van der Waals surface area contributed by atoms with Crippen LogP contribution in [0.15, 0.2) is 61.9 Å². The van der Waals surface area contributed by atoms with Gasteiger partial charge in [0.2, 0.25) is 6.79 Å². The van der Waals surface area contributed by atoms with Crippen LogP contribution in [0.1, 0.15) is 31.0 Å². The average Bonchev–Trinajstić information content (AvgIpc) is 3.37. The Balaban J connectivity index is 1.71. The first-order chi connectivity index (χ1) is 16.4. The molecule has 2 aromatic carbocycles. The van der Waals surface area contributed by atoms with Crippen LogP contribution >= 0.6 is 27.3 Å². The second kappa shape index (κ2) is 8.84. The molecule has 0 saturated carbocycles. The number of ether oxygens (including phenoxy) is 3. The van der Waals surface area contributed by atoms with Crippen molar-refractivity contribution >= 4 is 39.3 Å². The predicted octanol–water partition coefficient (Wildman–Crippen LogP) is 3.43. The summed E-state index contributed by atoms with van der Waals surface area (Å²) < 4.78 is 32.4. The summed E-state index contributed by atoms with van der Waals surface area (Å²) in [5.41, 5.74) is 1.68. The lowest BCUT2D eigenvalue weighted by Gasteiger charge is -2.24. The van der Waals surface area contributed by atoms with E-state index in [2.05, 4.69) is 20.9 Å². The van der Waals surface area contributed by atoms with Gasteiger partial charge in [-0.15, -0.1) is 0 Å². The quantitative estimate of drug-likeness (QED) is 0.470. The van der Waals surface area contributed by atoms with E-state index >= 15 is 0 Å². The molecule has 2 aliphatic rings. The maximum absolute atomic E-state index is 13.6. The summed E-state index contributed by atoms with van der Waals surface area (Å²) in [4.78, 5) is 31.4. The van der Waals surface area contributed by atoms with E-state index in [9.17, 15) is 14.0 Å². The first-order valence-electron chi connectivity index (χ1n) is 10.4. The molecule has 5 rings (SSSR count). The number of fused-ring (bicyclic) bond motifs is 2. The Hall–Kier alpha value is -3.24. The zero-order valence-electron chi connectivity index (χ0n) is 18.1. The van der Waals surface area contributed by atoms with Crippen LogP contribution in [0.3, 0.4) is 0 Å². The van der Waals surface area contributed by atoms with Crippen molar-refractivity contribution in [2.45, 2.75) is 19.9 Å². The molecule has 0 bridgehead atoms. The topological polar surface area (TPSA) is 79.1 Å². The van der Waals surface area contributed by atoms with E-state index in [-0.39, 0.29) is 24.5 Å². The summed E-state index contributed by atoms with van der Waals surface area (Å²) in [6.45, 7) is 3.72. The summed E-state index contributed by atoms with van der Waals surface area (Å²) >= 11 is 4.72. The van der Waals surface area contributed by atoms with E-state index in [1.54, 1.807) is 44.2 Å². The van der Waals surface area contributed by atoms with Crippen molar-refractivity contribution in [1.29, 1.82) is 0 Å². The lowest BCUT2D eigenvalue weighted by Crippen LogP contribution is -2.39. The predicted molar refractivity (Wildman–Crippen MR) is 127 cm³/mol. The third kappa shape index (κ3) is 3.86. The van der Waals surface area contributed by atoms with Gasteiger partial charge in [-0.2, -0.15) is 0 Å². The number of nitrogens with zero attached hydrogens (tertiary/aromatic N) is 2. The highest BCUT2D eigenvalue weighted by atomic mass is 79.9. The van der Waals surface area contributed by atoms with Crippen LogP contribution in [-0.2, 0) is 9.53 Å². The molecule has 1 atom stereocenters. The van der Waals surface area contributed by atoms with Crippen LogP contribution in [-0.4, -0.2) is 23.9 Å². The molecule has 0 spiro atoms. The number of hydrogen-bond acceptors (Lipinski definition) is 7. The summed E-state index contributed by atoms with van der Waals surface area (Å²) in [5, 5.41) is 0. The van der Waals surface area contributed by atoms with E-state index in [1.807, 2.05) is 0 Å². The molecule has 0 aliphatic carbocycles. The van der Waals surface area contributed by atoms with Gasteiger partial charge in [0.1, 0.15) is 5.82 Å². The maximum Gasteiger partial charge on any atom is 0.338 e. The third-order valence-electron chi connectivity index (χ3n) is 5.48. The van der Waals surface area contributed by atoms with E-state index in [4.69, 9.17) is 14.2 Å². The fraction of sp³-hybridized carbons (Fsp3) is 0.208. The first-order valence-corrected chi connectivity index (χ1v) is 12.0. The van der Waals surface area contributed by atoms with Crippen LogP contribution in [0.2, 0.25) is 0 Å². The van der Waals surface area contributed by atoms with Gasteiger partial charge < -0.3 is 14.2 Å². The minimum Gasteiger partial charge on any atom is -0.463 e. The monoisotopic (exact) mass is 544 g/mol. The summed E-state index contributed by atoms with van der Waals surface area (Å²) in [5.74, 6) is 0.233. The molecule has 34 heavy (non-hydrogen) atoms. The number of esters is 1. The fourth-order valence-electron chi connectivity index (χ4n) is 3.94. The van der Waals surface area contributed by atoms with Crippen molar-refractivity contribution < 1.29 is 23.4 Å². The highest BCUT2D eigenvalue weighted by molar-refractivity contribution is 9.10. The van der Waals surface area contributed by atoms with Crippen LogP contribution < -0.4 is 24.4 Å². The molecule has 3 heterocycles. The number of thiazole rings is 1. The number of rotatable bonds is 4. The minimum absolute atomic E-state index is 0.140. The van der Waals surface area contributed by atoms with Crippen LogP contribution in [0, 0.1) is 5.82 Å². The Morgan fingerprint density at radius 1 is 1.29 bits per heavy atom. The molecule has 174 valence electrons. The van der Waals surface area contributed by atoms with Gasteiger partial charge in [-0.05, 0) is 55.3 Å². The number of halogens is 2. The maximum atomic E-state index is 13.6. The lowest BCUT2D eigenvalue weighted by atomic mass is 9.96. The van der Waals surface area contributed by atoms with Crippen LogP contribution in [0.4, 0.5) is 4.39 Å². The Kier molecular flexibility index (Phi) is 5.86. The van der Waals surface area contributed by atoms with Crippen molar-refractivity contribution in [2.24, 2.45) is 4.99 Å². The van der Waals surface area contributed by atoms with E-state index < -0.39 is 17.8 Å². The number of hydrogen-bond donors (Lipinski definition) is 0. The number of carbonyl (C=O) groups is 1. The van der Waals surface area contributed by atoms with Gasteiger partial charge in [0.25, 0.3) is 5.56 Å². The molecule has 0 N–H and O–H groups in total. The smallest absolute Gasteiger partial charge is 0.338 e. The van der Waals surface area contributed by atoms with Gasteiger partial charge >= 0.3 is 5.97 Å². The SMILES string of the molecule is CCOC(=O)C1=C(C)N=c2s/c(=C\c3cc4c(cc3Br)OCO4)c(=O)n2[C@H]1c1ccc(F)cc1. The molecule has 0 fully saturated rings. The van der Waals surface area contributed by atoms with Crippen LogP contribution in [0.5, 0.6) is 11.5 Å². The lowest BCUT2D eigenvalue weighted by molar-refractivity contribution is -0.139. The Morgan fingerprint density at radius 3 is 2.71 bits per heavy atom. The average molecular weight is 545 g/mol. The zero-order valence-corrected chi connectivity index (χ0v) is 20.5. The molecule has 10 heteroatoms. The number of aromatic nitrogens is 1. The number of benzene rings is 2. The van der Waals surface area contributed by atoms with Gasteiger partial charge in [-0.3, -0.25) is 9.36 Å². The number of carbonyl (C=O) groups excluding carboxylic acids is 1. The third-order valence-corrected chi connectivity index (χ3v) is 7.15. The normalized spacial score (nSPS) is 16.9. The van der Waals surface area contributed by atoms with Gasteiger partial charge in [0.15, 0.2) is 16.3 Å². The van der Waals surface area contributed by atoms with Gasteiger partial charge in [0, 0.05) is 4.47 Å². The minimum atomic E-state index is -0.793. The first kappa shape index (κ1) is 22.5. The van der Waals surface area contributed by atoms with Gasteiger partial charge in [-0.1, -0.05) is 39.4 Å². The molecular formula is C24H18BrFN2O5S. The Labute approximate surface area is 205 Å². The highest BCUT2D eigenvalue weighted by Crippen LogP contribution is 2.37. The van der Waals surface area contributed by atoms with Crippen molar-refractivity contribution in [2.75, 3.05) is 13.4 Å². The number of allylic oxidation sites excluding steroid dienone is 1. The summed E-state index contributed by atoms with van der Waals surface area (Å²) in [7, 11) is 0. The largest absolute Gasteiger partial charge is 0.463 e. The Bertz CT molecular complexity index is 1520. The van der Waals surface area contributed by atoms with Crippen molar-refractivity contribution in [1.82, 2.24) is 4.57 Å². The molecule has 3 aromatic rings. The molecule has 2 aliphatic heterocycles. The van der Waals surface area contributed by atoms with E-state index in [0.717, 1.165) is 10.0 Å². The molecule has 0 amide bonds. The highest BCUT2D eigenvalue weighted by Gasteiger charge is 2.33. The molecular weight excluding hydrogens is 527 g/mol. The van der Waals surface area contributed by atoms with Crippen molar-refractivity contribution in [3.63, 3.8) is 0 Å². The van der Waals surface area contributed by atoms with Gasteiger partial charge in [0.05, 0.1) is 28.5 Å². The summed E-state index contributed by atoms with van der Waals surface area (Å²) in [6, 6.07) is 8.50. The van der Waals surface area contributed by atoms with Crippen LogP contribution in [0.25, 0.3) is 6.08 Å². The fourth-order valence-corrected chi connectivity index (χ4v) is 5.41. The second-order valence-electron chi connectivity index (χ2n) is 7.58. The van der Waals surface area contributed by atoms with Gasteiger partial charge in [-0.25, -0.2) is 14.2 Å². The summed E-state index contributed by atoms with van der Waals surface area (Å²) in [6.07, 6.45) is 1.74.